The molecule has 0 unspecified atom stereocenters. The molecular formula is C26H26F3N5O2. The number of piperidine rings is 1. The first kappa shape index (κ1) is 25.0. The number of nitrogens with two attached hydrogens (primary N) is 1. The minimum atomic E-state index is -4.39. The van der Waals surface area contributed by atoms with Crippen LogP contribution in [0.3, 0.4) is 0 Å². The van der Waals surface area contributed by atoms with Crippen molar-refractivity contribution in [2.45, 2.75) is 19.0 Å². The van der Waals surface area contributed by atoms with E-state index in [9.17, 15) is 18.0 Å². The summed E-state index contributed by atoms with van der Waals surface area (Å²) >= 11 is 0. The molecule has 4 rings (SSSR count). The quantitative estimate of drug-likeness (QED) is 0.319. The van der Waals surface area contributed by atoms with Gasteiger partial charge in [-0.2, -0.15) is 13.2 Å². The Morgan fingerprint density at radius 3 is 2.28 bits per heavy atom. The van der Waals surface area contributed by atoms with E-state index in [1.807, 2.05) is 6.20 Å². The van der Waals surface area contributed by atoms with Gasteiger partial charge >= 0.3 is 6.18 Å². The molecule has 0 aliphatic carbocycles. The van der Waals surface area contributed by atoms with Gasteiger partial charge in [0, 0.05) is 25.8 Å². The Morgan fingerprint density at radius 1 is 1.03 bits per heavy atom. The van der Waals surface area contributed by atoms with E-state index in [0.29, 0.717) is 34.6 Å². The molecule has 0 atom stereocenters. The van der Waals surface area contributed by atoms with E-state index in [1.165, 1.54) is 24.5 Å². The summed E-state index contributed by atoms with van der Waals surface area (Å²) in [5.41, 5.74) is 6.90. The third kappa shape index (κ3) is 6.32. The maximum Gasteiger partial charge on any atom is 0.416 e. The number of carbonyl (C=O) groups is 1. The number of aldehydes is 1. The highest BCUT2D eigenvalue weighted by molar-refractivity contribution is 5.83. The van der Waals surface area contributed by atoms with Crippen molar-refractivity contribution in [2.75, 3.05) is 30.7 Å². The number of alkyl halides is 3. The molecule has 0 amide bonds. The lowest BCUT2D eigenvalue weighted by Gasteiger charge is -2.31. The van der Waals surface area contributed by atoms with Crippen LogP contribution in [-0.4, -0.2) is 40.8 Å². The molecule has 0 radical (unpaired) electrons. The second-order valence-corrected chi connectivity index (χ2v) is 8.47. The van der Waals surface area contributed by atoms with Gasteiger partial charge in [0.1, 0.15) is 35.7 Å². The van der Waals surface area contributed by atoms with E-state index in [4.69, 9.17) is 10.5 Å². The topological polar surface area (TPSA) is 93.4 Å². The number of anilines is 2. The molecule has 1 aromatic heterocycles. The van der Waals surface area contributed by atoms with E-state index in [2.05, 4.69) is 20.2 Å². The van der Waals surface area contributed by atoms with Crippen molar-refractivity contribution in [3.63, 3.8) is 0 Å². The zero-order valence-electron chi connectivity index (χ0n) is 19.4. The van der Waals surface area contributed by atoms with Gasteiger partial charge < -0.3 is 20.7 Å². The lowest BCUT2D eigenvalue weighted by Crippen LogP contribution is -2.32. The summed E-state index contributed by atoms with van der Waals surface area (Å²) in [6.07, 6.45) is 3.11. The molecule has 2 heterocycles. The normalized spacial score (nSPS) is 14.7. The molecule has 1 aliphatic rings. The van der Waals surface area contributed by atoms with Gasteiger partial charge in [-0.25, -0.2) is 9.97 Å². The Labute approximate surface area is 206 Å². The Morgan fingerprint density at radius 2 is 1.67 bits per heavy atom. The maximum absolute atomic E-state index is 12.8. The number of hydrogen-bond donors (Lipinski definition) is 2. The highest BCUT2D eigenvalue weighted by Gasteiger charge is 2.30. The number of hydrogen-bond acceptors (Lipinski definition) is 7. The van der Waals surface area contributed by atoms with Crippen LogP contribution in [-0.2, 0) is 11.0 Å². The largest absolute Gasteiger partial charge is 0.457 e. The van der Waals surface area contributed by atoms with Gasteiger partial charge in [0.05, 0.1) is 11.1 Å². The molecule has 3 aromatic rings. The van der Waals surface area contributed by atoms with E-state index < -0.39 is 11.7 Å². The number of carbonyl (C=O) groups excluding carboxylic acids is 1. The van der Waals surface area contributed by atoms with Crippen LogP contribution in [0.15, 0.2) is 67.1 Å². The molecule has 188 valence electrons. The molecular weight excluding hydrogens is 471 g/mol. The van der Waals surface area contributed by atoms with E-state index in [-0.39, 0.29) is 0 Å². The Bertz CT molecular complexity index is 1190. The number of aromatic nitrogens is 2. The number of ether oxygens (including phenoxy) is 1. The van der Waals surface area contributed by atoms with E-state index >= 15 is 0 Å². The lowest BCUT2D eigenvalue weighted by atomic mass is 9.97. The van der Waals surface area contributed by atoms with Crippen LogP contribution in [0, 0.1) is 5.92 Å². The average molecular weight is 498 g/mol. The number of nitrogen functional groups attached to an aromatic ring is 1. The first-order chi connectivity index (χ1) is 17.3. The van der Waals surface area contributed by atoms with Crippen LogP contribution in [0.4, 0.5) is 24.8 Å². The highest BCUT2D eigenvalue weighted by atomic mass is 19.4. The minimum Gasteiger partial charge on any atom is -0.457 e. The van der Waals surface area contributed by atoms with Crippen molar-refractivity contribution in [2.24, 2.45) is 5.92 Å². The summed E-state index contributed by atoms with van der Waals surface area (Å²) in [6.45, 7) is 2.50. The van der Waals surface area contributed by atoms with Crippen molar-refractivity contribution in [3.8, 4) is 22.6 Å². The Kier molecular flexibility index (Phi) is 7.72. The predicted octanol–water partition coefficient (Wildman–Crippen LogP) is 5.37. The molecule has 36 heavy (non-hydrogen) atoms. The SMILES string of the molecule is Nc1ncnc(NCC2CCN(C=CC=O)CC2)c1-c1ccc(Oc2ccc(C(F)(F)F)cc2)cc1. The van der Waals surface area contributed by atoms with Gasteiger partial charge in [0.15, 0.2) is 0 Å². The van der Waals surface area contributed by atoms with Gasteiger partial charge in [0.2, 0.25) is 0 Å². The van der Waals surface area contributed by atoms with Crippen LogP contribution in [0.2, 0.25) is 0 Å². The number of nitrogens with one attached hydrogen (secondary N) is 1. The molecule has 7 nitrogen and oxygen atoms in total. The van der Waals surface area contributed by atoms with Crippen LogP contribution >= 0.6 is 0 Å². The highest BCUT2D eigenvalue weighted by Crippen LogP contribution is 2.34. The predicted molar refractivity (Wildman–Crippen MR) is 131 cm³/mol. The molecule has 1 aliphatic heterocycles. The molecule has 0 bridgehead atoms. The van der Waals surface area contributed by atoms with Crippen LogP contribution < -0.4 is 15.8 Å². The number of allylic oxidation sites excluding steroid dienone is 1. The Balaban J connectivity index is 1.41. The second kappa shape index (κ2) is 11.1. The molecule has 1 saturated heterocycles. The monoisotopic (exact) mass is 497 g/mol. The molecule has 0 saturated carbocycles. The van der Waals surface area contributed by atoms with Gasteiger partial charge in [0.25, 0.3) is 0 Å². The fourth-order valence-corrected chi connectivity index (χ4v) is 4.06. The fraction of sp³-hybridized carbons (Fsp3) is 0.269. The third-order valence-corrected chi connectivity index (χ3v) is 6.02. The third-order valence-electron chi connectivity index (χ3n) is 6.02. The number of nitrogens with zero attached hydrogens (tertiary/aromatic N) is 3. The standard InChI is InChI=1S/C26H26F3N5O2/c27-26(28,29)20-4-8-22(9-5-20)36-21-6-2-19(3-7-21)23-24(30)32-17-33-25(23)31-16-18-10-13-34(14-11-18)12-1-15-35/h1-9,12,15,17-18H,10-11,13-14,16H2,(H3,30,31,32,33). The smallest absolute Gasteiger partial charge is 0.416 e. The first-order valence-corrected chi connectivity index (χ1v) is 11.5. The van der Waals surface area contributed by atoms with E-state index in [0.717, 1.165) is 56.5 Å². The summed E-state index contributed by atoms with van der Waals surface area (Å²) in [4.78, 5) is 21.2. The molecule has 10 heteroatoms. The summed E-state index contributed by atoms with van der Waals surface area (Å²) in [7, 11) is 0. The van der Waals surface area contributed by atoms with Crippen LogP contribution in [0.25, 0.3) is 11.1 Å². The average Bonchev–Trinajstić information content (AvgIpc) is 2.87. The number of likely N-dealkylation sites (tertiary alicyclic amines) is 1. The second-order valence-electron chi connectivity index (χ2n) is 8.47. The van der Waals surface area contributed by atoms with Crippen molar-refractivity contribution < 1.29 is 22.7 Å². The van der Waals surface area contributed by atoms with Gasteiger partial charge in [-0.3, -0.25) is 4.79 Å². The maximum atomic E-state index is 12.8. The first-order valence-electron chi connectivity index (χ1n) is 11.5. The van der Waals surface area contributed by atoms with Crippen molar-refractivity contribution in [3.05, 3.63) is 72.7 Å². The minimum absolute atomic E-state index is 0.299. The number of halogens is 3. The Hall–Kier alpha value is -4.08. The van der Waals surface area contributed by atoms with Crippen molar-refractivity contribution in [1.29, 1.82) is 0 Å². The molecule has 2 aromatic carbocycles. The van der Waals surface area contributed by atoms with Crippen LogP contribution in [0.5, 0.6) is 11.5 Å². The van der Waals surface area contributed by atoms with E-state index in [1.54, 1.807) is 24.3 Å². The van der Waals surface area contributed by atoms with Gasteiger partial charge in [-0.05, 0) is 66.8 Å². The number of benzene rings is 2. The van der Waals surface area contributed by atoms with Crippen molar-refractivity contribution >= 4 is 17.9 Å². The van der Waals surface area contributed by atoms with Gasteiger partial charge in [-0.1, -0.05) is 12.1 Å². The zero-order chi connectivity index (χ0) is 25.5. The summed E-state index contributed by atoms with van der Waals surface area (Å²) in [5, 5.41) is 3.41. The molecule has 3 N–H and O–H groups in total. The summed E-state index contributed by atoms with van der Waals surface area (Å²) in [5.74, 6) is 2.18. The summed E-state index contributed by atoms with van der Waals surface area (Å²) in [6, 6.07) is 11.6. The van der Waals surface area contributed by atoms with Gasteiger partial charge in [-0.15, -0.1) is 0 Å². The fourth-order valence-electron chi connectivity index (χ4n) is 4.06. The zero-order valence-corrected chi connectivity index (χ0v) is 19.4. The summed E-state index contributed by atoms with van der Waals surface area (Å²) < 4.78 is 43.9. The lowest BCUT2D eigenvalue weighted by molar-refractivity contribution is -0.137. The van der Waals surface area contributed by atoms with Crippen molar-refractivity contribution in [1.82, 2.24) is 14.9 Å². The molecule has 1 fully saturated rings. The molecule has 0 spiro atoms. The van der Waals surface area contributed by atoms with Crippen LogP contribution in [0.1, 0.15) is 18.4 Å². The number of rotatable bonds is 8.